The quantitative estimate of drug-likeness (QED) is 0.326. The van der Waals surface area contributed by atoms with Crippen molar-refractivity contribution in [1.29, 1.82) is 0 Å². The molecule has 1 aromatic heterocycles. The Morgan fingerprint density at radius 2 is 1.88 bits per heavy atom. The summed E-state index contributed by atoms with van der Waals surface area (Å²) in [4.78, 5) is 12.0. The van der Waals surface area contributed by atoms with E-state index in [1.165, 1.54) is 0 Å². The van der Waals surface area contributed by atoms with Crippen LogP contribution in [0.15, 0.2) is 59.2 Å². The molecule has 6 heteroatoms. The smallest absolute Gasteiger partial charge is 0.310 e. The largest absolute Gasteiger partial charge is 0.489 e. The third kappa shape index (κ3) is 4.82. The third-order valence-electron chi connectivity index (χ3n) is 5.77. The molecule has 0 unspecified atom stereocenters. The molecule has 0 aliphatic rings. The zero-order valence-corrected chi connectivity index (χ0v) is 19.6. The summed E-state index contributed by atoms with van der Waals surface area (Å²) in [7, 11) is 0. The maximum atomic E-state index is 15.2. The average molecular weight is 462 g/mol. The lowest BCUT2D eigenvalue weighted by Crippen LogP contribution is -2.09. The minimum atomic E-state index is -0.353. The predicted octanol–water partition coefficient (Wildman–Crippen LogP) is 6.00. The van der Waals surface area contributed by atoms with E-state index in [4.69, 9.17) is 19.6 Å². The topological polar surface area (TPSA) is 74.7 Å². The molecule has 0 saturated heterocycles. The van der Waals surface area contributed by atoms with Crippen LogP contribution in [0.25, 0.3) is 22.1 Å². The summed E-state index contributed by atoms with van der Waals surface area (Å²) in [6.07, 6.45) is 1.80. The van der Waals surface area contributed by atoms with Crippen molar-refractivity contribution in [3.63, 3.8) is 0 Å². The molecule has 0 bridgehead atoms. The van der Waals surface area contributed by atoms with Crippen molar-refractivity contribution in [2.45, 2.75) is 40.3 Å². The minimum absolute atomic E-state index is 0.111. The highest BCUT2D eigenvalue weighted by molar-refractivity contribution is 5.95. The first-order valence-corrected chi connectivity index (χ1v) is 11.3. The monoisotopic (exact) mass is 461 g/mol. The van der Waals surface area contributed by atoms with Gasteiger partial charge in [0.1, 0.15) is 23.8 Å². The number of rotatable bonds is 8. The molecule has 0 saturated carbocycles. The summed E-state index contributed by atoms with van der Waals surface area (Å²) < 4.78 is 32.2. The number of carbonyl (C=O) groups is 1. The van der Waals surface area contributed by atoms with E-state index in [1.54, 1.807) is 31.4 Å². The molecule has 4 aromatic rings. The molecule has 0 aliphatic carbocycles. The number of hydrogen-bond donors (Lipinski definition) is 1. The molecule has 1 heterocycles. The second-order valence-corrected chi connectivity index (χ2v) is 8.30. The summed E-state index contributed by atoms with van der Waals surface area (Å²) in [5, 5.41) is 0.893. The van der Waals surface area contributed by atoms with Gasteiger partial charge in [0.25, 0.3) is 0 Å². The lowest BCUT2D eigenvalue weighted by Gasteiger charge is -2.14. The molecule has 2 N–H and O–H groups in total. The van der Waals surface area contributed by atoms with Crippen LogP contribution >= 0.6 is 0 Å². The van der Waals surface area contributed by atoms with Crippen LogP contribution in [0.4, 0.5) is 4.39 Å². The van der Waals surface area contributed by atoms with Crippen LogP contribution < -0.4 is 10.5 Å². The molecule has 5 nitrogen and oxygen atoms in total. The number of nitrogens with two attached hydrogens (primary N) is 1. The normalized spacial score (nSPS) is 11.1. The van der Waals surface area contributed by atoms with E-state index < -0.39 is 0 Å². The SMILES string of the molecule is CCOC(=O)Cc1ccc(C)cc1OCc1cc(-c2cccc(CN)c2F)c2occ(C)c2c1. The lowest BCUT2D eigenvalue weighted by atomic mass is 9.97. The Hall–Kier alpha value is -3.64. The molecule has 34 heavy (non-hydrogen) atoms. The van der Waals surface area contributed by atoms with Crippen LogP contribution in [-0.2, 0) is 29.1 Å². The first-order valence-electron chi connectivity index (χ1n) is 11.3. The maximum Gasteiger partial charge on any atom is 0.310 e. The molecular weight excluding hydrogens is 433 g/mol. The lowest BCUT2D eigenvalue weighted by molar-refractivity contribution is -0.142. The molecule has 0 atom stereocenters. The number of hydrogen-bond acceptors (Lipinski definition) is 5. The van der Waals surface area contributed by atoms with Gasteiger partial charge in [0.2, 0.25) is 0 Å². The standard InChI is InChI=1S/C28H28FNO4/c1-4-32-26(31)13-20-9-8-17(2)10-25(20)33-16-19-11-23-18(3)15-34-28(23)24(12-19)22-7-5-6-21(14-30)27(22)29/h5-12,15H,4,13-14,16,30H2,1-3H3. The number of carbonyl (C=O) groups excluding carboxylic acids is 1. The van der Waals surface area contributed by atoms with E-state index in [0.717, 1.165) is 27.6 Å². The Morgan fingerprint density at radius 1 is 1.06 bits per heavy atom. The predicted molar refractivity (Wildman–Crippen MR) is 130 cm³/mol. The fraction of sp³-hybridized carbons (Fsp3) is 0.250. The van der Waals surface area contributed by atoms with E-state index in [2.05, 4.69) is 0 Å². The molecule has 0 spiro atoms. The van der Waals surface area contributed by atoms with E-state index >= 15 is 4.39 Å². The minimum Gasteiger partial charge on any atom is -0.489 e. The molecule has 176 valence electrons. The zero-order chi connectivity index (χ0) is 24.2. The molecule has 3 aromatic carbocycles. The van der Waals surface area contributed by atoms with Gasteiger partial charge < -0.3 is 19.6 Å². The van der Waals surface area contributed by atoms with Crippen LogP contribution in [0.3, 0.4) is 0 Å². The maximum absolute atomic E-state index is 15.2. The summed E-state index contributed by atoms with van der Waals surface area (Å²) in [5.41, 5.74) is 11.4. The first kappa shape index (κ1) is 23.5. The molecule has 0 radical (unpaired) electrons. The second-order valence-electron chi connectivity index (χ2n) is 8.30. The van der Waals surface area contributed by atoms with Crippen molar-refractivity contribution in [1.82, 2.24) is 0 Å². The van der Waals surface area contributed by atoms with Gasteiger partial charge in [0, 0.05) is 34.2 Å². The molecule has 0 aliphatic heterocycles. The number of esters is 1. The van der Waals surface area contributed by atoms with E-state index in [0.29, 0.717) is 34.6 Å². The Morgan fingerprint density at radius 3 is 2.65 bits per heavy atom. The Labute approximate surface area is 198 Å². The fourth-order valence-electron chi connectivity index (χ4n) is 4.02. The van der Waals surface area contributed by atoms with E-state index in [1.807, 2.05) is 44.2 Å². The van der Waals surface area contributed by atoms with Crippen LogP contribution in [0.5, 0.6) is 5.75 Å². The van der Waals surface area contributed by atoms with Crippen LogP contribution in [0.2, 0.25) is 0 Å². The van der Waals surface area contributed by atoms with Crippen molar-refractivity contribution in [2.75, 3.05) is 6.61 Å². The second kappa shape index (κ2) is 10.1. The molecule has 0 amide bonds. The van der Waals surface area contributed by atoms with Gasteiger partial charge in [-0.3, -0.25) is 4.79 Å². The van der Waals surface area contributed by atoms with E-state index in [9.17, 15) is 4.79 Å². The highest BCUT2D eigenvalue weighted by atomic mass is 19.1. The Balaban J connectivity index is 1.70. The highest BCUT2D eigenvalue weighted by Gasteiger charge is 2.17. The van der Waals surface area contributed by atoms with Gasteiger partial charge in [0.15, 0.2) is 0 Å². The number of benzene rings is 3. The molecule has 4 rings (SSSR count). The number of ether oxygens (including phenoxy) is 2. The number of furan rings is 1. The van der Waals surface area contributed by atoms with Crippen LogP contribution in [0, 0.1) is 19.7 Å². The number of aryl methyl sites for hydroxylation is 2. The number of fused-ring (bicyclic) bond motifs is 1. The van der Waals surface area contributed by atoms with Crippen molar-refractivity contribution in [2.24, 2.45) is 5.73 Å². The molecular formula is C28H28FNO4. The van der Waals surface area contributed by atoms with Gasteiger partial charge in [-0.15, -0.1) is 0 Å². The van der Waals surface area contributed by atoms with Gasteiger partial charge in [-0.25, -0.2) is 4.39 Å². The summed E-state index contributed by atoms with van der Waals surface area (Å²) >= 11 is 0. The first-order chi connectivity index (χ1) is 16.4. The fourth-order valence-corrected chi connectivity index (χ4v) is 4.02. The third-order valence-corrected chi connectivity index (χ3v) is 5.77. The summed E-state index contributed by atoms with van der Waals surface area (Å²) in [6.45, 7) is 6.38. The van der Waals surface area contributed by atoms with Gasteiger partial charge in [0.05, 0.1) is 19.3 Å². The van der Waals surface area contributed by atoms with Crippen molar-refractivity contribution in [3.05, 3.63) is 88.4 Å². The van der Waals surface area contributed by atoms with Crippen molar-refractivity contribution < 1.29 is 23.1 Å². The van der Waals surface area contributed by atoms with Crippen molar-refractivity contribution in [3.8, 4) is 16.9 Å². The van der Waals surface area contributed by atoms with Crippen LogP contribution in [0.1, 0.15) is 34.7 Å². The van der Waals surface area contributed by atoms with Gasteiger partial charge >= 0.3 is 5.97 Å². The summed E-state index contributed by atoms with van der Waals surface area (Å²) in [6, 6.07) is 14.8. The van der Waals surface area contributed by atoms with Crippen LogP contribution in [-0.4, -0.2) is 12.6 Å². The Bertz CT molecular complexity index is 1340. The zero-order valence-electron chi connectivity index (χ0n) is 19.6. The molecule has 0 fully saturated rings. The van der Waals surface area contributed by atoms with Crippen molar-refractivity contribution >= 4 is 16.9 Å². The average Bonchev–Trinajstić information content (AvgIpc) is 3.20. The van der Waals surface area contributed by atoms with E-state index in [-0.39, 0.29) is 31.4 Å². The van der Waals surface area contributed by atoms with Gasteiger partial charge in [-0.05, 0) is 55.7 Å². The Kier molecular flexibility index (Phi) is 6.98. The number of halogens is 1. The van der Waals surface area contributed by atoms with Gasteiger partial charge in [-0.1, -0.05) is 30.3 Å². The van der Waals surface area contributed by atoms with Gasteiger partial charge in [-0.2, -0.15) is 0 Å². The summed E-state index contributed by atoms with van der Waals surface area (Å²) in [5.74, 6) is -0.0343. The highest BCUT2D eigenvalue weighted by Crippen LogP contribution is 2.35.